The molecule has 0 aliphatic carbocycles. The SMILES string of the molecule is CCOP(=O)(CCCP(=O)(OCC)c1ccccc1NC(C)=O)OCC. The van der Waals surface area contributed by atoms with E-state index >= 15 is 0 Å². The molecule has 0 bridgehead atoms. The summed E-state index contributed by atoms with van der Waals surface area (Å²) >= 11 is 0. The van der Waals surface area contributed by atoms with Crippen molar-refractivity contribution in [2.24, 2.45) is 0 Å². The Morgan fingerprint density at radius 2 is 1.54 bits per heavy atom. The second-order valence-electron chi connectivity index (χ2n) is 5.54. The minimum Gasteiger partial charge on any atom is -0.326 e. The number of hydrogen-bond donors (Lipinski definition) is 1. The smallest absolute Gasteiger partial charge is 0.326 e. The molecule has 1 amide bonds. The van der Waals surface area contributed by atoms with Gasteiger partial charge >= 0.3 is 7.60 Å². The molecule has 148 valence electrons. The Bertz CT molecular complexity index is 669. The summed E-state index contributed by atoms with van der Waals surface area (Å²) in [6, 6.07) is 6.88. The summed E-state index contributed by atoms with van der Waals surface area (Å²) in [6.07, 6.45) is 0.693. The number of carbonyl (C=O) groups excluding carboxylic acids is 1. The first kappa shape index (κ1) is 23.1. The van der Waals surface area contributed by atoms with Crippen LogP contribution in [0.2, 0.25) is 0 Å². The molecule has 1 aromatic carbocycles. The summed E-state index contributed by atoms with van der Waals surface area (Å²) in [5, 5.41) is 3.15. The Hall–Kier alpha value is -0.970. The monoisotopic (exact) mass is 405 g/mol. The van der Waals surface area contributed by atoms with Crippen LogP contribution in [0.5, 0.6) is 0 Å². The van der Waals surface area contributed by atoms with Gasteiger partial charge < -0.3 is 18.9 Å². The van der Waals surface area contributed by atoms with Crippen LogP contribution in [0, 0.1) is 0 Å². The highest BCUT2D eigenvalue weighted by Crippen LogP contribution is 2.52. The van der Waals surface area contributed by atoms with E-state index in [4.69, 9.17) is 13.6 Å². The van der Waals surface area contributed by atoms with Crippen LogP contribution < -0.4 is 10.6 Å². The molecule has 1 atom stereocenters. The van der Waals surface area contributed by atoms with Crippen molar-refractivity contribution in [2.45, 2.75) is 34.1 Å². The van der Waals surface area contributed by atoms with Crippen LogP contribution in [0.4, 0.5) is 5.69 Å². The number of anilines is 1. The van der Waals surface area contributed by atoms with Gasteiger partial charge in [0.05, 0.1) is 37.0 Å². The van der Waals surface area contributed by atoms with Gasteiger partial charge in [-0.15, -0.1) is 0 Å². The number of carbonyl (C=O) groups is 1. The Morgan fingerprint density at radius 1 is 0.962 bits per heavy atom. The van der Waals surface area contributed by atoms with Gasteiger partial charge in [0.1, 0.15) is 0 Å². The molecule has 0 heterocycles. The first-order chi connectivity index (χ1) is 12.3. The maximum Gasteiger partial charge on any atom is 0.330 e. The highest BCUT2D eigenvalue weighted by atomic mass is 31.2. The van der Waals surface area contributed by atoms with Crippen LogP contribution in [0.3, 0.4) is 0 Å². The highest BCUT2D eigenvalue weighted by molar-refractivity contribution is 7.67. The van der Waals surface area contributed by atoms with E-state index < -0.39 is 15.0 Å². The van der Waals surface area contributed by atoms with Gasteiger partial charge in [-0.25, -0.2) is 0 Å². The fraction of sp³-hybridized carbons (Fsp3) is 0.588. The zero-order valence-corrected chi connectivity index (χ0v) is 17.7. The number of hydrogen-bond acceptors (Lipinski definition) is 6. The summed E-state index contributed by atoms with van der Waals surface area (Å²) < 4.78 is 42.2. The van der Waals surface area contributed by atoms with Crippen LogP contribution in [0.15, 0.2) is 24.3 Å². The first-order valence-electron chi connectivity index (χ1n) is 8.79. The van der Waals surface area contributed by atoms with Crippen LogP contribution in [-0.2, 0) is 27.5 Å². The maximum absolute atomic E-state index is 13.5. The summed E-state index contributed by atoms with van der Waals surface area (Å²) in [4.78, 5) is 11.4. The number of benzene rings is 1. The van der Waals surface area contributed by atoms with E-state index in [1.807, 2.05) is 0 Å². The van der Waals surface area contributed by atoms with E-state index in [1.165, 1.54) is 6.92 Å². The fourth-order valence-electron chi connectivity index (χ4n) is 2.56. The normalized spacial score (nSPS) is 14.0. The number of amides is 1. The van der Waals surface area contributed by atoms with Crippen molar-refractivity contribution in [1.82, 2.24) is 0 Å². The van der Waals surface area contributed by atoms with Crippen molar-refractivity contribution in [2.75, 3.05) is 37.5 Å². The van der Waals surface area contributed by atoms with E-state index in [9.17, 15) is 13.9 Å². The summed E-state index contributed by atoms with van der Waals surface area (Å²) in [5.74, 6) is -0.252. The van der Waals surface area contributed by atoms with Crippen molar-refractivity contribution in [3.63, 3.8) is 0 Å². The average molecular weight is 405 g/mol. The summed E-state index contributed by atoms with van der Waals surface area (Å²) in [5.41, 5.74) is 0.467. The average Bonchev–Trinajstić information content (AvgIpc) is 2.55. The van der Waals surface area contributed by atoms with Gasteiger partial charge in [0, 0.05) is 13.1 Å². The molecule has 0 spiro atoms. The predicted octanol–water partition coefficient (Wildman–Crippen LogP) is 4.24. The topological polar surface area (TPSA) is 90.9 Å². The third-order valence-electron chi connectivity index (χ3n) is 3.46. The van der Waals surface area contributed by atoms with Crippen molar-refractivity contribution in [3.05, 3.63) is 24.3 Å². The molecule has 0 aromatic heterocycles. The number of rotatable bonds is 12. The Morgan fingerprint density at radius 3 is 2.08 bits per heavy atom. The molecule has 9 heteroatoms. The van der Waals surface area contributed by atoms with Crippen LogP contribution in [0.25, 0.3) is 0 Å². The Balaban J connectivity index is 2.99. The molecule has 7 nitrogen and oxygen atoms in total. The predicted molar refractivity (Wildman–Crippen MR) is 105 cm³/mol. The van der Waals surface area contributed by atoms with Crippen molar-refractivity contribution in [1.29, 1.82) is 0 Å². The number of para-hydroxylation sites is 1. The molecule has 1 rings (SSSR count). The Labute approximate surface area is 155 Å². The van der Waals surface area contributed by atoms with Gasteiger partial charge in [-0.3, -0.25) is 13.9 Å². The third kappa shape index (κ3) is 6.98. The molecule has 1 N–H and O–H groups in total. The highest BCUT2D eigenvalue weighted by Gasteiger charge is 2.31. The van der Waals surface area contributed by atoms with Gasteiger partial charge in [-0.2, -0.15) is 0 Å². The van der Waals surface area contributed by atoms with E-state index in [0.717, 1.165) is 0 Å². The lowest BCUT2D eigenvalue weighted by Crippen LogP contribution is -2.19. The maximum atomic E-state index is 13.5. The molecule has 0 radical (unpaired) electrons. The number of nitrogens with one attached hydrogen (secondary N) is 1. The largest absolute Gasteiger partial charge is 0.330 e. The standard InChI is InChI=1S/C17H29NO6P2/c1-5-22-25(20,13-10-14-26(21,23-6-2)24-7-3)17-12-9-8-11-16(17)18-15(4)19/h8-9,11-12H,5-7,10,13-14H2,1-4H3,(H,18,19). The van der Waals surface area contributed by atoms with Gasteiger partial charge in [-0.1, -0.05) is 12.1 Å². The van der Waals surface area contributed by atoms with Crippen molar-refractivity contribution < 1.29 is 27.5 Å². The minimum absolute atomic E-state index is 0.161. The molecule has 0 aliphatic rings. The van der Waals surface area contributed by atoms with E-state index in [-0.39, 0.29) is 38.1 Å². The zero-order valence-electron chi connectivity index (χ0n) is 15.9. The van der Waals surface area contributed by atoms with Crippen molar-refractivity contribution >= 4 is 31.9 Å². The van der Waals surface area contributed by atoms with Crippen molar-refractivity contribution in [3.8, 4) is 0 Å². The summed E-state index contributed by atoms with van der Waals surface area (Å²) in [7, 11) is -6.43. The third-order valence-corrected chi connectivity index (χ3v) is 8.33. The lowest BCUT2D eigenvalue weighted by molar-refractivity contribution is -0.114. The van der Waals surface area contributed by atoms with E-state index in [2.05, 4.69) is 5.32 Å². The minimum atomic E-state index is -3.24. The van der Waals surface area contributed by atoms with E-state index in [1.54, 1.807) is 45.0 Å². The lowest BCUT2D eigenvalue weighted by atomic mass is 10.3. The Kier molecular flexibility index (Phi) is 9.77. The molecule has 26 heavy (non-hydrogen) atoms. The van der Waals surface area contributed by atoms with E-state index in [0.29, 0.717) is 17.4 Å². The molecule has 0 saturated carbocycles. The lowest BCUT2D eigenvalue weighted by Gasteiger charge is -2.22. The second-order valence-corrected chi connectivity index (χ2v) is 10.3. The van der Waals surface area contributed by atoms with Crippen LogP contribution >= 0.6 is 15.0 Å². The molecular weight excluding hydrogens is 376 g/mol. The molecule has 0 saturated heterocycles. The van der Waals surface area contributed by atoms with Gasteiger partial charge in [0.15, 0.2) is 0 Å². The second kappa shape index (κ2) is 11.0. The zero-order chi connectivity index (χ0) is 19.6. The quantitative estimate of drug-likeness (QED) is 0.523. The van der Waals surface area contributed by atoms with Gasteiger partial charge in [-0.05, 0) is 39.3 Å². The summed E-state index contributed by atoms with van der Waals surface area (Å²) in [6.45, 7) is 7.49. The first-order valence-corrected chi connectivity index (χ1v) is 12.3. The van der Waals surface area contributed by atoms with Crippen LogP contribution in [0.1, 0.15) is 34.1 Å². The van der Waals surface area contributed by atoms with Gasteiger partial charge in [0.2, 0.25) is 13.3 Å². The van der Waals surface area contributed by atoms with Crippen LogP contribution in [-0.4, -0.2) is 38.1 Å². The fourth-order valence-corrected chi connectivity index (χ4v) is 6.79. The molecule has 1 unspecified atom stereocenters. The molecule has 0 aliphatic heterocycles. The van der Waals surface area contributed by atoms with Gasteiger partial charge in [0.25, 0.3) is 0 Å². The molecular formula is C17H29NO6P2. The molecule has 1 aromatic rings. The molecule has 0 fully saturated rings.